The number of primary amides is 1. The minimum absolute atomic E-state index is 0.00739. The Morgan fingerprint density at radius 3 is 0.797 bits per heavy atom. The lowest BCUT2D eigenvalue weighted by Crippen LogP contribution is -2.69. The summed E-state index contributed by atoms with van der Waals surface area (Å²) in [5.74, 6) is 0.0352. The Balaban J connectivity index is 0.000000131. The highest BCUT2D eigenvalue weighted by atomic mass is 35.5. The van der Waals surface area contributed by atoms with Gasteiger partial charge < -0.3 is 30.0 Å². The molecule has 143 heavy (non-hydrogen) atoms. The molecule has 0 radical (unpaired) electrons. The molecule has 20 aliphatic rings. The van der Waals surface area contributed by atoms with Crippen LogP contribution in [0, 0.1) is 262 Å². The van der Waals surface area contributed by atoms with Gasteiger partial charge in [0.05, 0.1) is 48.6 Å². The van der Waals surface area contributed by atoms with Crippen molar-refractivity contribution in [3.05, 3.63) is 92.8 Å². The number of rotatable bonds is 3. The highest BCUT2D eigenvalue weighted by Gasteiger charge is 2.80. The first kappa shape index (κ1) is 107. The number of allylic oxidation sites excluding steroid dienone is 8. The van der Waals surface area contributed by atoms with Gasteiger partial charge in [-0.2, -0.15) is 5.26 Å². The number of carboxylic acid groups (broad SMARTS) is 1. The number of amides is 1. The van der Waals surface area contributed by atoms with E-state index in [1.807, 2.05) is 79.7 Å². The molecule has 32 atom stereocenters. The zero-order valence-electron chi connectivity index (χ0n) is 92.3. The van der Waals surface area contributed by atoms with Crippen LogP contribution in [0.25, 0.3) is 19.4 Å². The Labute approximate surface area is 861 Å². The van der Waals surface area contributed by atoms with Gasteiger partial charge in [0.2, 0.25) is 33.9 Å². The van der Waals surface area contributed by atoms with Crippen molar-refractivity contribution in [2.45, 2.75) is 399 Å². The van der Waals surface area contributed by atoms with Crippen LogP contribution >= 0.6 is 11.6 Å². The first-order valence-corrected chi connectivity index (χ1v) is 55.9. The van der Waals surface area contributed by atoms with E-state index in [0.717, 1.165) is 167 Å². The van der Waals surface area contributed by atoms with E-state index >= 15 is 0 Å². The van der Waals surface area contributed by atoms with E-state index in [2.05, 4.69) is 164 Å². The standard InChI is InChI=1S/C31H42ClNO3.C31H44N2O3.C31H42N2O2.C31H43NO4/c2*1-26(2)11-13-31(25(32)36)14-12-30(7)23(18(31)16-26)20(34)15-22-28(5)17-19(33-8)24(35)27(3,4)21(28)9-10-29(22,30)6;1-26(2)11-13-31(18-32)14-12-30(7)24(19(31)16-26)21(34)15-23-28(5)17-20(33-8)25(35)27(3,4)22(28)9-10-29(23,30)6;1-26(2)11-13-31(25(35)36)14-12-30(7)23(18(31)16-26)20(33)15-22-28(5)17-19(32-8)24(34)27(3,4)21(28)9-10-29(22,30)6/h17-18,21-23H,9-16H2,1-7H3;17-18,21-23H,9-16H2,1-7H3,(H2,32,36);17,19,22-24H,9-16H2,1-7H3;17-18,21-23H,9-16H2,1-7H3,(H,35,36)/t2*18-,21-,22+,23-,28-,29+,30+,31-;19-,22-,23+,24-,28-,29+,30+,31+;18-,21-,22+,23-,28-,29+,30+,31-/m0000/s1. The number of carbonyl (C=O) groups is 11. The van der Waals surface area contributed by atoms with Gasteiger partial charge in [-0.1, -0.05) is 218 Å². The Bertz CT molecular complexity index is 5490. The van der Waals surface area contributed by atoms with Crippen molar-refractivity contribution in [2.75, 3.05) is 0 Å². The van der Waals surface area contributed by atoms with Gasteiger partial charge >= 0.3 is 5.97 Å². The predicted octanol–water partition coefficient (Wildman–Crippen LogP) is 27.4. The number of carbonyl (C=O) groups excluding carboxylic acids is 10. The molecule has 3 N–H and O–H groups in total. The zero-order valence-corrected chi connectivity index (χ0v) is 93.1. The largest absolute Gasteiger partial charge is 0.481 e. The van der Waals surface area contributed by atoms with E-state index < -0.39 is 60.1 Å². The minimum Gasteiger partial charge on any atom is -0.481 e. The second kappa shape index (κ2) is 32.8. The molecule has 0 aromatic heterocycles. The number of halogens is 1. The molecule has 776 valence electrons. The molecule has 0 aromatic carbocycles. The SMILES string of the molecule is [C-]#[N+]C1=C[C@]2(C)[C@H]3CC(=O)[C@@H]4[C@@H]5CC(C)(C)CC[C@]5(C#N)CC[C@@]4(C)[C@]3(C)CC[C@H]2C(C)(C)C1=O.[C-]#[N+]C1=C[C@]2(C)[C@H]3CC(=O)[C@@H]4[C@@H]5CC(C)(C)CC[C@]5(C(=O)Cl)CC[C@@]4(C)[C@]3(C)CC[C@H]2C(C)(C)C1=O.[C-]#[N+]C1=C[C@]2(C)[C@H]3CC(=O)[C@@H]4[C@@H]5CC(C)(C)CC[C@]5(C(=O)O)CC[C@@]4(C)[C@]3(C)CC[C@H]2C(C)(C)C1=O.[C-]#[N+]C1=C[C@]2(C)[C@H]3CC(=O)[C@@H]4[C@@H]5CC(C)(C)CC[C@]5(C(N)=O)CC[C@@]4(C)[C@]3(C)CC[C@H]2C(C)(C)C1=O. The lowest BCUT2D eigenvalue weighted by Gasteiger charge is -2.71. The molecule has 0 spiro atoms. The Hall–Kier alpha value is -7.33. The molecule has 0 saturated heterocycles. The monoisotopic (exact) mass is 1970 g/mol. The fraction of sp³-hybridized carbons (Fsp3) is 0.806. The second-order valence-electron chi connectivity index (χ2n) is 60.3. The molecule has 20 aliphatic carbocycles. The molecule has 16 fully saturated rings. The quantitative estimate of drug-likeness (QED) is 0.197. The Kier molecular flexibility index (Phi) is 24.6. The Morgan fingerprint density at radius 1 is 0.315 bits per heavy atom. The normalized spacial score (nSPS) is 49.1. The van der Waals surface area contributed by atoms with E-state index in [9.17, 15) is 63.1 Å². The number of fused-ring (bicyclic) bond motifs is 28. The fourth-order valence-electron chi connectivity index (χ4n) is 42.4. The van der Waals surface area contributed by atoms with Crippen molar-refractivity contribution in [3.63, 3.8) is 0 Å². The van der Waals surface area contributed by atoms with Gasteiger partial charge in [0.15, 0.2) is 23.1 Å². The molecule has 0 aromatic rings. The number of nitriles is 1. The molecule has 1 amide bonds. The van der Waals surface area contributed by atoms with Crippen LogP contribution in [-0.4, -0.2) is 68.5 Å². The molecule has 18 nitrogen and oxygen atoms in total. The summed E-state index contributed by atoms with van der Waals surface area (Å²) in [5, 5.41) is 20.7. The summed E-state index contributed by atoms with van der Waals surface area (Å²) in [5.41, 5.74) is -0.294. The maximum Gasteiger partial charge on any atom is 0.309 e. The van der Waals surface area contributed by atoms with Crippen LogP contribution in [0.3, 0.4) is 0 Å². The van der Waals surface area contributed by atoms with Crippen LogP contribution in [0.15, 0.2) is 47.1 Å². The molecule has 0 unspecified atom stereocenters. The van der Waals surface area contributed by atoms with Crippen molar-refractivity contribution < 1.29 is 57.8 Å². The zero-order chi connectivity index (χ0) is 106. The van der Waals surface area contributed by atoms with Crippen molar-refractivity contribution >= 4 is 75.0 Å². The highest BCUT2D eigenvalue weighted by Crippen LogP contribution is 2.83. The number of Topliss-reactive ketones (excluding diaryl/α,β-unsaturated/α-hetero) is 8. The molecule has 0 aliphatic heterocycles. The van der Waals surface area contributed by atoms with Crippen molar-refractivity contribution in [1.29, 1.82) is 5.26 Å². The number of carboxylic acids is 1. The van der Waals surface area contributed by atoms with Crippen molar-refractivity contribution in [2.24, 2.45) is 230 Å². The fourth-order valence-corrected chi connectivity index (χ4v) is 42.8. The molecular weight excluding hydrogens is 1800 g/mol. The van der Waals surface area contributed by atoms with Crippen LogP contribution < -0.4 is 5.73 Å². The summed E-state index contributed by atoms with van der Waals surface area (Å²) >= 11 is 6.38. The minimum atomic E-state index is -0.796. The van der Waals surface area contributed by atoms with E-state index in [1.54, 1.807) is 0 Å². The molecule has 19 heteroatoms. The maximum absolute atomic E-state index is 14.4. The first-order chi connectivity index (χ1) is 65.6. The summed E-state index contributed by atoms with van der Waals surface area (Å²) in [6.07, 6.45) is 34.1. The summed E-state index contributed by atoms with van der Waals surface area (Å²) < 4.78 is 0. The average molecular weight is 1970 g/mol. The van der Waals surface area contributed by atoms with Crippen molar-refractivity contribution in [1.82, 2.24) is 0 Å². The number of ketones is 8. The van der Waals surface area contributed by atoms with Gasteiger partial charge in [-0.25, -0.2) is 19.4 Å². The summed E-state index contributed by atoms with van der Waals surface area (Å²) in [4.78, 5) is 164. The maximum atomic E-state index is 14.4. The third-order valence-electron chi connectivity index (χ3n) is 51.3. The summed E-state index contributed by atoms with van der Waals surface area (Å²) in [7, 11) is 0. The number of nitrogens with zero attached hydrogens (tertiary/aromatic N) is 5. The number of hydrogen-bond acceptors (Lipinski definition) is 12. The lowest BCUT2D eigenvalue weighted by atomic mass is 9.31. The van der Waals surface area contributed by atoms with Crippen LogP contribution in [0.4, 0.5) is 0 Å². The van der Waals surface area contributed by atoms with E-state index in [0.29, 0.717) is 44.3 Å². The third kappa shape index (κ3) is 14.1. The topological polar surface area (TPSA) is 275 Å². The van der Waals surface area contributed by atoms with Gasteiger partial charge in [0, 0.05) is 76.4 Å². The lowest BCUT2D eigenvalue weighted by molar-refractivity contribution is -0.225. The first-order valence-electron chi connectivity index (χ1n) is 55.5. The average Bonchev–Trinajstić information content (AvgIpc) is 0.680. The predicted molar refractivity (Wildman–Crippen MR) is 553 cm³/mol. The van der Waals surface area contributed by atoms with Crippen LogP contribution in [0.5, 0.6) is 0 Å². The van der Waals surface area contributed by atoms with Crippen molar-refractivity contribution in [3.8, 4) is 6.07 Å². The van der Waals surface area contributed by atoms with E-state index in [1.165, 1.54) is 0 Å². The van der Waals surface area contributed by atoms with E-state index in [-0.39, 0.29) is 245 Å². The van der Waals surface area contributed by atoms with Crippen LogP contribution in [0.2, 0.25) is 0 Å². The van der Waals surface area contributed by atoms with Crippen LogP contribution in [-0.2, 0) is 52.7 Å². The second-order valence-corrected chi connectivity index (χ2v) is 60.7. The Morgan fingerprint density at radius 2 is 0.531 bits per heavy atom. The van der Waals surface area contributed by atoms with Crippen LogP contribution in [0.1, 0.15) is 399 Å². The van der Waals surface area contributed by atoms with Gasteiger partial charge in [0.25, 0.3) is 0 Å². The van der Waals surface area contributed by atoms with E-state index in [4.69, 9.17) is 43.6 Å². The molecule has 0 heterocycles. The third-order valence-corrected chi connectivity index (χ3v) is 51.7. The summed E-state index contributed by atoms with van der Waals surface area (Å²) in [6, 6.07) is 2.76. The number of nitrogens with two attached hydrogens (primary N) is 1. The van der Waals surface area contributed by atoms with Gasteiger partial charge in [-0.05, 0) is 349 Å². The number of hydrogen-bond donors (Lipinski definition) is 2. The van der Waals surface area contributed by atoms with Gasteiger partial charge in [-0.15, -0.1) is 0 Å². The summed E-state index contributed by atoms with van der Waals surface area (Å²) in [6.45, 7) is 92.8. The molecule has 20 rings (SSSR count). The van der Waals surface area contributed by atoms with Gasteiger partial charge in [-0.3, -0.25) is 33.6 Å². The molecular formula is C124H171ClN6O12. The highest BCUT2D eigenvalue weighted by molar-refractivity contribution is 6.64. The number of aliphatic carboxylic acids is 1. The smallest absolute Gasteiger partial charge is 0.309 e. The molecule has 16 saturated carbocycles. The molecule has 0 bridgehead atoms. The van der Waals surface area contributed by atoms with Gasteiger partial charge in [0.1, 0.15) is 23.1 Å².